The molecule has 0 spiro atoms. The van der Waals surface area contributed by atoms with E-state index >= 15 is 0 Å². The van der Waals surface area contributed by atoms with Crippen LogP contribution in [0, 0.1) is 3.57 Å². The van der Waals surface area contributed by atoms with E-state index in [1.807, 2.05) is 72.8 Å². The molecule has 16 heteroatoms. The number of para-hydroxylation sites is 7. The number of aromatic amines is 2. The number of nitrogens with two attached hydrogens (primary N) is 1. The number of aryl methyl sites for hydroxylation is 3. The summed E-state index contributed by atoms with van der Waals surface area (Å²) in [6.45, 7) is 1.93. The molecule has 2 aliphatic carbocycles. The van der Waals surface area contributed by atoms with E-state index in [0.717, 1.165) is 47.8 Å². The largest absolute Gasteiger partial charge is 0.354 e. The van der Waals surface area contributed by atoms with Crippen molar-refractivity contribution in [2.45, 2.75) is 46.5 Å². The second kappa shape index (κ2) is 44.2. The summed E-state index contributed by atoms with van der Waals surface area (Å²) in [5, 5.41) is 24.4. The van der Waals surface area contributed by atoms with Crippen LogP contribution < -0.4 is 11.3 Å². The molecule has 0 unspecified atom stereocenters. The van der Waals surface area contributed by atoms with Crippen LogP contribution in [0.4, 0.5) is 10.1 Å². The van der Waals surface area contributed by atoms with Crippen molar-refractivity contribution in [3.05, 3.63) is 400 Å². The molecule has 0 atom stereocenters. The van der Waals surface area contributed by atoms with Crippen LogP contribution in [-0.2, 0) is 19.3 Å². The van der Waals surface area contributed by atoms with Gasteiger partial charge < -0.3 is 29.6 Å². The number of hydrogen-bond donors (Lipinski definition) is 6. The van der Waals surface area contributed by atoms with Gasteiger partial charge in [-0.3, -0.25) is 15.0 Å². The molecule has 0 aliphatic heterocycles. The topological polar surface area (TPSA) is 129 Å². The number of fused-ring (bicyclic) bond motifs is 21. The van der Waals surface area contributed by atoms with Crippen molar-refractivity contribution < 1.29 is 18.6 Å². The molecule has 0 saturated heterocycles. The number of aliphatic hydroxyl groups is 1. The first kappa shape index (κ1) is 85.9. The predicted molar refractivity (Wildman–Crippen MR) is 526 cm³/mol. The second-order valence-corrected chi connectivity index (χ2v) is 29.4. The number of nitrogens with one attached hydrogen (secondary N) is 3. The maximum Gasteiger partial charge on any atom is 0.0619 e. The first-order chi connectivity index (χ1) is 58.1. The van der Waals surface area contributed by atoms with E-state index in [2.05, 4.69) is 385 Å². The number of carbonyl (C=O) groups is 1. The number of nitrogen functional groups attached to an aromatic ring is 1. The summed E-state index contributed by atoms with van der Waals surface area (Å²) in [7, 11) is 3.34. The van der Waals surface area contributed by atoms with Crippen molar-refractivity contribution in [2.24, 2.45) is 10.1 Å². The van der Waals surface area contributed by atoms with Crippen LogP contribution in [0.5, 0.6) is 0 Å². The first-order valence-corrected chi connectivity index (χ1v) is 40.4. The van der Waals surface area contributed by atoms with Crippen molar-refractivity contribution in [3.63, 3.8) is 0 Å². The molecule has 593 valence electrons. The molecule has 20 aromatic rings. The number of Topliss-reactive ketones (excluding diaryl/α,β-unsaturated/α-hetero) is 1. The van der Waals surface area contributed by atoms with Gasteiger partial charge in [0.05, 0.1) is 36.1 Å². The van der Waals surface area contributed by atoms with Crippen molar-refractivity contribution in [3.8, 4) is 22.6 Å². The summed E-state index contributed by atoms with van der Waals surface area (Å²) in [6, 6.07) is 129. The fourth-order valence-electron chi connectivity index (χ4n) is 15.3. The van der Waals surface area contributed by atoms with E-state index in [-0.39, 0.29) is 38.8 Å². The summed E-state index contributed by atoms with van der Waals surface area (Å²) in [6.07, 6.45) is 5.14. The number of aromatic nitrogens is 4. The Morgan fingerprint density at radius 3 is 1.43 bits per heavy atom. The number of rotatable bonds is 3. The van der Waals surface area contributed by atoms with Gasteiger partial charge >= 0.3 is 24.8 Å². The van der Waals surface area contributed by atoms with Crippen LogP contribution >= 0.6 is 76.1 Å². The molecule has 4 aromatic heterocycles. The van der Waals surface area contributed by atoms with Gasteiger partial charge in [-0.05, 0) is 167 Å². The number of hydrogen-bond acceptors (Lipinski definition) is 6. The van der Waals surface area contributed by atoms with E-state index in [1.165, 1.54) is 152 Å². The van der Waals surface area contributed by atoms with Crippen LogP contribution in [0.2, 0.25) is 0 Å². The molecule has 0 bridgehead atoms. The van der Waals surface area contributed by atoms with E-state index in [9.17, 15) is 9.18 Å². The molecule has 0 saturated carbocycles. The van der Waals surface area contributed by atoms with Crippen molar-refractivity contribution in [1.29, 1.82) is 0 Å². The van der Waals surface area contributed by atoms with E-state index in [1.54, 1.807) is 6.92 Å². The van der Waals surface area contributed by atoms with Crippen LogP contribution in [-0.4, -0.2) is 51.4 Å². The Morgan fingerprint density at radius 2 is 0.890 bits per heavy atom. The van der Waals surface area contributed by atoms with Gasteiger partial charge in [0, 0.05) is 123 Å². The zero-order valence-electron chi connectivity index (χ0n) is 67.4. The van der Waals surface area contributed by atoms with Gasteiger partial charge in [-0.1, -0.05) is 315 Å². The van der Waals surface area contributed by atoms with Crippen LogP contribution in [0.3, 0.4) is 0 Å². The van der Waals surface area contributed by atoms with Gasteiger partial charge in [-0.2, -0.15) is 0 Å². The number of nitrogens with zero attached hydrogens (tertiary/aromatic N) is 3. The number of aliphatic hydroxyl groups excluding tert-OH is 1. The number of H-pyrrole nitrogens is 2. The number of anilines is 1. The number of carbonyl (C=O) groups excluding carboxylic acids is 1. The number of hydrazine groups is 1. The predicted octanol–water partition coefficient (Wildman–Crippen LogP) is 29.0. The van der Waals surface area contributed by atoms with Gasteiger partial charge in [0.15, 0.2) is 5.78 Å². The van der Waals surface area contributed by atoms with Gasteiger partial charge in [0.25, 0.3) is 0 Å². The van der Waals surface area contributed by atoms with Crippen molar-refractivity contribution >= 4 is 204 Å². The summed E-state index contributed by atoms with van der Waals surface area (Å²) in [5.74, 6) is 5.41. The molecule has 9 nitrogen and oxygen atoms in total. The Kier molecular flexibility index (Phi) is 32.2. The van der Waals surface area contributed by atoms with Gasteiger partial charge in [-0.15, -0.1) is 24.8 Å². The summed E-state index contributed by atoms with van der Waals surface area (Å²) in [4.78, 5) is 18.4. The van der Waals surface area contributed by atoms with Crippen molar-refractivity contribution in [2.75, 3.05) is 19.2 Å². The SMILES string of the molecule is Brc1cc2c3ccccc3n(-c3ccccc3)c2c2ccccc12.C.CCO.Cl.Cl.Ic1ccccc1.NNc1ccccc1.O=C1CCCc2ccccc21.[2H]CF.[2H][2H].[B]=NS.c1ccc(-n2c3ccccc3c3ccc4ccccc4c32)cc1.c1ccc2c(c1)CCc1c-2[nH]c2ccccc12.c1ccc2c(c1)ccc1c3ccccc3[nH]c21. The third-order valence-corrected chi connectivity index (χ3v) is 21.6. The van der Waals surface area contributed by atoms with Gasteiger partial charge in [0.2, 0.25) is 0 Å². The molecule has 22 rings (SSSR count). The minimum absolute atomic E-state index is 0. The normalized spacial score (nSPS) is 11.3. The first-order valence-electron chi connectivity index (χ1n) is 39.8. The smallest absolute Gasteiger partial charge is 0.0619 e. The molecule has 2 aliphatic rings. The molecule has 1 radical (unpaired) electrons. The average molecular weight is 1790 g/mol. The fourth-order valence-corrected chi connectivity index (χ4v) is 16.2. The number of thiol groups is 1. The third-order valence-electron chi connectivity index (χ3n) is 20.2. The number of halogens is 5. The minimum Gasteiger partial charge on any atom is -0.354 e. The Labute approximate surface area is 734 Å². The Bertz CT molecular complexity index is 6690. The number of alkyl halides is 1. The second-order valence-electron chi connectivity index (χ2n) is 27.1. The maximum atomic E-state index is 11.3. The fraction of sp³-hybridized carbons (Fsp3) is 0.0882. The maximum absolute atomic E-state index is 11.3. The van der Waals surface area contributed by atoms with Gasteiger partial charge in [0.1, 0.15) is 0 Å². The zero-order chi connectivity index (χ0) is 82.5. The van der Waals surface area contributed by atoms with Crippen molar-refractivity contribution in [1.82, 2.24) is 19.1 Å². The quantitative estimate of drug-likeness (QED) is 0.0346. The van der Waals surface area contributed by atoms with E-state index in [0.29, 0.717) is 5.78 Å². The van der Waals surface area contributed by atoms with Crippen LogP contribution in [0.15, 0.2) is 379 Å². The molecule has 16 aromatic carbocycles. The van der Waals surface area contributed by atoms with Crippen LogP contribution in [0.1, 0.15) is 58.6 Å². The average Bonchev–Trinajstić information content (AvgIpc) is 1.59. The summed E-state index contributed by atoms with van der Waals surface area (Å²) in [5.41, 5.74) is 22.4. The molecular weight excluding hydrogens is 1690 g/mol. The van der Waals surface area contributed by atoms with Gasteiger partial charge in [-0.25, -0.2) is 0 Å². The molecule has 4 heterocycles. The Balaban J connectivity index is 0.000000161. The molecule has 118 heavy (non-hydrogen) atoms. The number of ketones is 1. The summed E-state index contributed by atoms with van der Waals surface area (Å²) >= 11 is 9.23. The minimum atomic E-state index is -1.00. The Hall–Kier alpha value is -11.4. The molecule has 0 amide bonds. The molecule has 0 fully saturated rings. The monoisotopic (exact) mass is 1790 g/mol. The standard InChI is InChI=1S/C22H14BrN.C22H15N.C16H13N.C16H11N.C10H10O.C6H5I.C6H8N2.C2H6O.CH3F.CH4.BHNS.2ClH.H2/c23-20-14-19-17-11-6-7-13-21(17)24(15-8-2-1-3-9-15)22(19)18-12-5-4-10-16(18)20;1-2-9-17(10-3-1)23-21-13-7-6-12-19(21)20-15-14-16-8-4-5-11-18(16)22(20)23;2*1-2-6-12-11(5-1)9-10-14-13-7-3-4-8-15(13)17-16(12)14;11-10-7-3-5-8-4-1-2-6-9(8)10;7-6-4-2-1-3-5-6;7-8-6-4-2-1-3-5-6;1-2-3;1-2;;1-2-3;;;/h1-14H;1-15H;1-8,17H,9-10H2;1-10,17H;1-2,4,6H,3,5,7H2;1-5H;1-5,8H,7H2;3H,2H2,1H3;1H3;1H4;3H;3*1H/i;;;;;;;;1D;;;;;1+1D. The Morgan fingerprint density at radius 1 is 0.492 bits per heavy atom. The zero-order valence-corrected chi connectivity index (χ0v) is 70.7. The van der Waals surface area contributed by atoms with E-state index < -0.39 is 7.15 Å². The number of benzene rings is 16. The van der Waals surface area contributed by atoms with Crippen LogP contribution in [0.25, 0.3) is 131 Å². The third kappa shape index (κ3) is 20.4. The van der Waals surface area contributed by atoms with E-state index in [4.69, 9.17) is 15.3 Å². The molecular formula is C102H94BBrCl2FIN7O2S. The molecule has 6 N–H and O–H groups in total. The summed E-state index contributed by atoms with van der Waals surface area (Å²) < 4.78 is 35.4.